The van der Waals surface area contributed by atoms with Crippen LogP contribution in [0.1, 0.15) is 49.7 Å². The summed E-state index contributed by atoms with van der Waals surface area (Å²) in [4.78, 5) is 51.8. The van der Waals surface area contributed by atoms with Crippen LogP contribution in [0.4, 0.5) is 5.69 Å². The predicted octanol–water partition coefficient (Wildman–Crippen LogP) is 4.15. The molecule has 1 atom stereocenters. The number of rotatable bonds is 7. The molecule has 8 heteroatoms. The van der Waals surface area contributed by atoms with Crippen molar-refractivity contribution in [2.45, 2.75) is 33.7 Å². The SMILES string of the molecule is CC(NC(=O)c1ccccc1NC(=O)CN1C(=O)CS/C1=C\C(=O)C(C)(C)C)c1ccccc1. The third-order valence-corrected chi connectivity index (χ3v) is 6.32. The number of ketones is 1. The van der Waals surface area contributed by atoms with Crippen LogP contribution in [0.3, 0.4) is 0 Å². The molecule has 1 heterocycles. The molecule has 0 radical (unpaired) electrons. The van der Waals surface area contributed by atoms with Gasteiger partial charge in [-0.3, -0.25) is 24.1 Å². The lowest BCUT2D eigenvalue weighted by molar-refractivity contribution is -0.129. The largest absolute Gasteiger partial charge is 0.345 e. The first-order valence-corrected chi connectivity index (χ1v) is 12.0. The van der Waals surface area contributed by atoms with Crippen molar-refractivity contribution in [3.63, 3.8) is 0 Å². The van der Waals surface area contributed by atoms with E-state index in [0.717, 1.165) is 5.56 Å². The van der Waals surface area contributed by atoms with Gasteiger partial charge in [0, 0.05) is 11.5 Å². The van der Waals surface area contributed by atoms with Crippen LogP contribution >= 0.6 is 11.8 Å². The van der Waals surface area contributed by atoms with E-state index in [1.54, 1.807) is 45.0 Å². The Bertz CT molecular complexity index is 1120. The third kappa shape index (κ3) is 6.35. The van der Waals surface area contributed by atoms with Crippen LogP contribution in [0.2, 0.25) is 0 Å². The zero-order valence-corrected chi connectivity index (χ0v) is 20.6. The Kier molecular flexibility index (Phi) is 7.94. The Balaban J connectivity index is 1.71. The van der Waals surface area contributed by atoms with Crippen LogP contribution in [0.5, 0.6) is 0 Å². The van der Waals surface area contributed by atoms with Crippen LogP contribution < -0.4 is 10.6 Å². The van der Waals surface area contributed by atoms with Gasteiger partial charge in [-0.15, -0.1) is 0 Å². The number of carbonyl (C=O) groups excluding carboxylic acids is 4. The normalized spacial score (nSPS) is 15.8. The summed E-state index contributed by atoms with van der Waals surface area (Å²) in [5.41, 5.74) is 1.04. The zero-order chi connectivity index (χ0) is 24.9. The van der Waals surface area contributed by atoms with Gasteiger partial charge in [-0.2, -0.15) is 0 Å². The molecular weight excluding hydrogens is 450 g/mol. The molecular formula is C26H29N3O4S. The summed E-state index contributed by atoms with van der Waals surface area (Å²) in [6.45, 7) is 7.03. The molecule has 0 spiro atoms. The Morgan fingerprint density at radius 1 is 1.06 bits per heavy atom. The number of anilines is 1. The maximum Gasteiger partial charge on any atom is 0.253 e. The fraction of sp³-hybridized carbons (Fsp3) is 0.308. The molecule has 0 aliphatic carbocycles. The predicted molar refractivity (Wildman–Crippen MR) is 134 cm³/mol. The highest BCUT2D eigenvalue weighted by atomic mass is 32.2. The molecule has 7 nitrogen and oxygen atoms in total. The molecule has 1 fully saturated rings. The van der Waals surface area contributed by atoms with Crippen molar-refractivity contribution in [2.75, 3.05) is 17.6 Å². The molecule has 178 valence electrons. The van der Waals surface area contributed by atoms with Crippen LogP contribution in [0.25, 0.3) is 0 Å². The summed E-state index contributed by atoms with van der Waals surface area (Å²) in [6.07, 6.45) is 1.43. The zero-order valence-electron chi connectivity index (χ0n) is 19.8. The second-order valence-corrected chi connectivity index (χ2v) is 10.1. The second-order valence-electron chi connectivity index (χ2n) is 9.06. The number of nitrogens with zero attached hydrogens (tertiary/aromatic N) is 1. The van der Waals surface area contributed by atoms with E-state index >= 15 is 0 Å². The van der Waals surface area contributed by atoms with Gasteiger partial charge in [0.1, 0.15) is 6.54 Å². The fourth-order valence-corrected chi connectivity index (χ4v) is 4.19. The first-order valence-electron chi connectivity index (χ1n) is 11.0. The van der Waals surface area contributed by atoms with E-state index in [1.807, 2.05) is 37.3 Å². The third-order valence-electron chi connectivity index (χ3n) is 5.30. The lowest BCUT2D eigenvalue weighted by atomic mass is 9.91. The standard InChI is InChI=1S/C26H29N3O4S/c1-17(18-10-6-5-7-11-18)27-25(33)19-12-8-9-13-20(19)28-22(31)15-29-23(32)16-34-24(29)14-21(30)26(2,3)4/h5-14,17H,15-16H2,1-4H3,(H,27,33)(H,28,31)/b24-14-. The molecule has 1 aliphatic rings. The minimum Gasteiger partial charge on any atom is -0.345 e. The number of thioether (sulfide) groups is 1. The van der Waals surface area contributed by atoms with Gasteiger partial charge in [0.05, 0.1) is 28.1 Å². The van der Waals surface area contributed by atoms with Gasteiger partial charge in [-0.25, -0.2) is 0 Å². The number of nitrogens with one attached hydrogen (secondary N) is 2. The Labute approximate surface area is 204 Å². The number of hydrogen-bond acceptors (Lipinski definition) is 5. The summed E-state index contributed by atoms with van der Waals surface area (Å²) >= 11 is 1.24. The van der Waals surface area contributed by atoms with Crippen molar-refractivity contribution >= 4 is 41.0 Å². The van der Waals surface area contributed by atoms with Crippen LogP contribution in [-0.4, -0.2) is 40.7 Å². The first kappa shape index (κ1) is 25.2. The first-order chi connectivity index (χ1) is 16.1. The molecule has 3 rings (SSSR count). The molecule has 0 aromatic heterocycles. The lowest BCUT2D eigenvalue weighted by Gasteiger charge is -2.20. The average Bonchev–Trinajstić information content (AvgIpc) is 3.12. The van der Waals surface area contributed by atoms with Gasteiger partial charge in [-0.05, 0) is 24.6 Å². The van der Waals surface area contributed by atoms with Crippen molar-refractivity contribution in [1.29, 1.82) is 0 Å². The monoisotopic (exact) mass is 479 g/mol. The highest BCUT2D eigenvalue weighted by Crippen LogP contribution is 2.30. The summed E-state index contributed by atoms with van der Waals surface area (Å²) in [5.74, 6) is -0.967. The van der Waals surface area contributed by atoms with Gasteiger partial charge in [-0.1, -0.05) is 75.0 Å². The molecule has 1 unspecified atom stereocenters. The number of allylic oxidation sites excluding steroid dienone is 1. The highest BCUT2D eigenvalue weighted by molar-refractivity contribution is 8.04. The Hall–Kier alpha value is -3.39. The van der Waals surface area contributed by atoms with E-state index < -0.39 is 11.3 Å². The fourth-order valence-electron chi connectivity index (χ4n) is 3.25. The maximum absolute atomic E-state index is 12.9. The lowest BCUT2D eigenvalue weighted by Crippen LogP contribution is -2.35. The van der Waals surface area contributed by atoms with E-state index in [4.69, 9.17) is 0 Å². The summed E-state index contributed by atoms with van der Waals surface area (Å²) in [5, 5.41) is 6.15. The number of para-hydroxylation sites is 1. The van der Waals surface area contributed by atoms with Crippen LogP contribution in [-0.2, 0) is 14.4 Å². The molecule has 2 aromatic rings. The van der Waals surface area contributed by atoms with E-state index in [2.05, 4.69) is 10.6 Å². The Morgan fingerprint density at radius 3 is 2.38 bits per heavy atom. The van der Waals surface area contributed by atoms with E-state index in [0.29, 0.717) is 16.3 Å². The van der Waals surface area contributed by atoms with Crippen LogP contribution in [0.15, 0.2) is 65.7 Å². The summed E-state index contributed by atoms with van der Waals surface area (Å²) < 4.78 is 0. The minimum atomic E-state index is -0.587. The molecule has 2 N–H and O–H groups in total. The average molecular weight is 480 g/mol. The van der Waals surface area contributed by atoms with Gasteiger partial charge < -0.3 is 10.6 Å². The highest BCUT2D eigenvalue weighted by Gasteiger charge is 2.31. The number of carbonyl (C=O) groups is 4. The molecule has 3 amide bonds. The summed E-state index contributed by atoms with van der Waals surface area (Å²) in [6, 6.07) is 16.1. The quantitative estimate of drug-likeness (QED) is 0.582. The van der Waals surface area contributed by atoms with Crippen molar-refractivity contribution < 1.29 is 19.2 Å². The smallest absolute Gasteiger partial charge is 0.253 e. The van der Waals surface area contributed by atoms with Crippen molar-refractivity contribution in [2.24, 2.45) is 5.41 Å². The second kappa shape index (κ2) is 10.7. The number of benzene rings is 2. The topological polar surface area (TPSA) is 95.6 Å². The molecule has 0 bridgehead atoms. The maximum atomic E-state index is 12.9. The van der Waals surface area contributed by atoms with Crippen LogP contribution in [0, 0.1) is 5.41 Å². The van der Waals surface area contributed by atoms with E-state index in [1.165, 1.54) is 22.7 Å². The molecule has 2 aromatic carbocycles. The Morgan fingerprint density at radius 2 is 1.71 bits per heavy atom. The molecule has 34 heavy (non-hydrogen) atoms. The van der Waals surface area contributed by atoms with Crippen molar-refractivity contribution in [3.8, 4) is 0 Å². The van der Waals surface area contributed by atoms with Gasteiger partial charge >= 0.3 is 0 Å². The van der Waals surface area contributed by atoms with Crippen molar-refractivity contribution in [3.05, 3.63) is 76.8 Å². The summed E-state index contributed by atoms with van der Waals surface area (Å²) in [7, 11) is 0. The van der Waals surface area contributed by atoms with E-state index in [-0.39, 0.29) is 35.9 Å². The van der Waals surface area contributed by atoms with Crippen molar-refractivity contribution in [1.82, 2.24) is 10.2 Å². The molecule has 0 saturated carbocycles. The number of amides is 3. The number of hydrogen-bond donors (Lipinski definition) is 2. The molecule has 1 aliphatic heterocycles. The van der Waals surface area contributed by atoms with E-state index in [9.17, 15) is 19.2 Å². The molecule has 1 saturated heterocycles. The minimum absolute atomic E-state index is 0.121. The van der Waals surface area contributed by atoms with Gasteiger partial charge in [0.2, 0.25) is 11.8 Å². The van der Waals surface area contributed by atoms with Gasteiger partial charge in [0.25, 0.3) is 5.91 Å². The van der Waals surface area contributed by atoms with Gasteiger partial charge in [0.15, 0.2) is 5.78 Å².